The number of rotatable bonds is 3. The minimum atomic E-state index is -0.566. The van der Waals surface area contributed by atoms with Crippen molar-refractivity contribution < 1.29 is 9.18 Å². The zero-order valence-corrected chi connectivity index (χ0v) is 12.2. The summed E-state index contributed by atoms with van der Waals surface area (Å²) in [4.78, 5) is 12.6. The lowest BCUT2D eigenvalue weighted by molar-refractivity contribution is -0.126. The van der Waals surface area contributed by atoms with Gasteiger partial charge in [-0.05, 0) is 31.9 Å². The average Bonchev–Trinajstić information content (AvgIpc) is 2.52. The molecule has 0 aliphatic heterocycles. The monoisotopic (exact) mass is 289 g/mol. The summed E-state index contributed by atoms with van der Waals surface area (Å²) in [6, 6.07) is 4.57. The number of carbonyl (C=O) groups is 1. The molecule has 4 nitrogen and oxygen atoms in total. The van der Waals surface area contributed by atoms with E-state index in [-0.39, 0.29) is 18.0 Å². The Morgan fingerprint density at radius 2 is 2.10 bits per heavy atom. The van der Waals surface area contributed by atoms with Gasteiger partial charge in [-0.1, -0.05) is 19.3 Å². The summed E-state index contributed by atoms with van der Waals surface area (Å²) < 4.78 is 13.8. The predicted octanol–water partition coefficient (Wildman–Crippen LogP) is 2.85. The zero-order chi connectivity index (χ0) is 15.5. The van der Waals surface area contributed by atoms with Crippen LogP contribution in [0, 0.1) is 29.5 Å². The number of nitrogens with one attached hydrogen (secondary N) is 1. The molecule has 1 saturated carbocycles. The highest BCUT2D eigenvalue weighted by Crippen LogP contribution is 2.37. The van der Waals surface area contributed by atoms with Gasteiger partial charge in [0.25, 0.3) is 0 Å². The lowest BCUT2D eigenvalue weighted by Crippen LogP contribution is -2.44. The number of hydrogen-bond donors (Lipinski definition) is 2. The molecule has 0 aromatic heterocycles. The van der Waals surface area contributed by atoms with Crippen LogP contribution in [-0.2, 0) is 4.79 Å². The van der Waals surface area contributed by atoms with Crippen LogP contribution in [0.25, 0.3) is 0 Å². The van der Waals surface area contributed by atoms with Gasteiger partial charge >= 0.3 is 0 Å². The maximum absolute atomic E-state index is 13.8. The fraction of sp³-hybridized carbons (Fsp3) is 0.500. The van der Waals surface area contributed by atoms with Gasteiger partial charge in [-0.3, -0.25) is 4.79 Å². The Kier molecular flexibility index (Phi) is 4.59. The molecule has 21 heavy (non-hydrogen) atoms. The van der Waals surface area contributed by atoms with E-state index in [2.05, 4.69) is 5.32 Å². The Labute approximate surface area is 124 Å². The van der Waals surface area contributed by atoms with E-state index in [9.17, 15) is 9.18 Å². The first kappa shape index (κ1) is 15.5. The van der Waals surface area contributed by atoms with Crippen LogP contribution in [0.3, 0.4) is 0 Å². The standard InChI is InChI=1S/C16H20FN3O/c1-11-13(17)7-12(9-18)8-14(11)20-15(21)16(10-19)5-3-2-4-6-16/h7-8H,2-6,10,19H2,1H3,(H,20,21). The highest BCUT2D eigenvalue weighted by atomic mass is 19.1. The quantitative estimate of drug-likeness (QED) is 0.898. The predicted molar refractivity (Wildman–Crippen MR) is 79.1 cm³/mol. The lowest BCUT2D eigenvalue weighted by atomic mass is 9.73. The summed E-state index contributed by atoms with van der Waals surface area (Å²) in [6.45, 7) is 1.88. The third-order valence-corrected chi connectivity index (χ3v) is 4.40. The van der Waals surface area contributed by atoms with Crippen LogP contribution in [0.5, 0.6) is 0 Å². The molecule has 0 heterocycles. The first-order chi connectivity index (χ1) is 10.0. The van der Waals surface area contributed by atoms with Gasteiger partial charge in [0.15, 0.2) is 0 Å². The molecule has 1 aromatic carbocycles. The number of halogens is 1. The van der Waals surface area contributed by atoms with Crippen molar-refractivity contribution in [1.82, 2.24) is 0 Å². The number of benzene rings is 1. The Balaban J connectivity index is 2.27. The number of nitrogens with zero attached hydrogens (tertiary/aromatic N) is 1. The molecule has 0 bridgehead atoms. The van der Waals surface area contributed by atoms with E-state index in [1.54, 1.807) is 6.92 Å². The Morgan fingerprint density at radius 1 is 1.43 bits per heavy atom. The van der Waals surface area contributed by atoms with Crippen molar-refractivity contribution in [3.63, 3.8) is 0 Å². The molecule has 5 heteroatoms. The second kappa shape index (κ2) is 6.23. The van der Waals surface area contributed by atoms with Crippen LogP contribution >= 0.6 is 0 Å². The van der Waals surface area contributed by atoms with E-state index in [4.69, 9.17) is 11.0 Å². The molecule has 0 atom stereocenters. The van der Waals surface area contributed by atoms with Gasteiger partial charge in [-0.25, -0.2) is 4.39 Å². The third-order valence-electron chi connectivity index (χ3n) is 4.40. The van der Waals surface area contributed by atoms with E-state index in [1.807, 2.05) is 6.07 Å². The van der Waals surface area contributed by atoms with Crippen LogP contribution < -0.4 is 11.1 Å². The largest absolute Gasteiger partial charge is 0.329 e. The molecule has 3 N–H and O–H groups in total. The van der Waals surface area contributed by atoms with Crippen LogP contribution in [0.4, 0.5) is 10.1 Å². The van der Waals surface area contributed by atoms with Crippen LogP contribution in [0.1, 0.15) is 43.2 Å². The zero-order valence-electron chi connectivity index (χ0n) is 12.2. The van der Waals surface area contributed by atoms with E-state index in [0.717, 1.165) is 32.1 Å². The lowest BCUT2D eigenvalue weighted by Gasteiger charge is -2.34. The van der Waals surface area contributed by atoms with Gasteiger partial charge in [0.05, 0.1) is 17.0 Å². The van der Waals surface area contributed by atoms with Crippen LogP contribution in [0.2, 0.25) is 0 Å². The van der Waals surface area contributed by atoms with E-state index >= 15 is 0 Å². The van der Waals surface area contributed by atoms with Gasteiger partial charge < -0.3 is 11.1 Å². The summed E-state index contributed by atoms with van der Waals surface area (Å²) in [7, 11) is 0. The first-order valence-corrected chi connectivity index (χ1v) is 7.24. The van der Waals surface area contributed by atoms with Gasteiger partial charge in [0, 0.05) is 17.8 Å². The van der Waals surface area contributed by atoms with Crippen molar-refractivity contribution in [3.8, 4) is 6.07 Å². The fourth-order valence-electron chi connectivity index (χ4n) is 2.88. The number of carbonyl (C=O) groups excluding carboxylic acids is 1. The average molecular weight is 289 g/mol. The van der Waals surface area contributed by atoms with Crippen molar-refractivity contribution >= 4 is 11.6 Å². The topological polar surface area (TPSA) is 78.9 Å². The summed E-state index contributed by atoms with van der Waals surface area (Å²) in [5.41, 5.74) is 6.15. The van der Waals surface area contributed by atoms with Crippen LogP contribution in [0.15, 0.2) is 12.1 Å². The number of anilines is 1. The fourth-order valence-corrected chi connectivity index (χ4v) is 2.88. The highest BCUT2D eigenvalue weighted by molar-refractivity contribution is 5.96. The molecule has 1 aromatic rings. The minimum absolute atomic E-state index is 0.165. The first-order valence-electron chi connectivity index (χ1n) is 7.24. The number of hydrogen-bond acceptors (Lipinski definition) is 3. The van der Waals surface area contributed by atoms with Gasteiger partial charge in [-0.2, -0.15) is 5.26 Å². The smallest absolute Gasteiger partial charge is 0.231 e. The normalized spacial score (nSPS) is 17.0. The van der Waals surface area contributed by atoms with E-state index < -0.39 is 11.2 Å². The van der Waals surface area contributed by atoms with Crippen molar-refractivity contribution in [2.45, 2.75) is 39.0 Å². The van der Waals surface area contributed by atoms with Gasteiger partial charge in [0.2, 0.25) is 5.91 Å². The molecule has 1 aliphatic carbocycles. The van der Waals surface area contributed by atoms with E-state index in [0.29, 0.717) is 11.3 Å². The molecule has 112 valence electrons. The molecular weight excluding hydrogens is 269 g/mol. The Morgan fingerprint density at radius 3 is 2.67 bits per heavy atom. The summed E-state index contributed by atoms with van der Waals surface area (Å²) >= 11 is 0. The summed E-state index contributed by atoms with van der Waals surface area (Å²) in [5.74, 6) is -0.655. The van der Waals surface area contributed by atoms with Gasteiger partial charge in [-0.15, -0.1) is 0 Å². The Hall–Kier alpha value is -1.93. The number of nitrogens with two attached hydrogens (primary N) is 1. The highest BCUT2D eigenvalue weighted by Gasteiger charge is 2.38. The van der Waals surface area contributed by atoms with Gasteiger partial charge in [0.1, 0.15) is 5.82 Å². The SMILES string of the molecule is Cc1c(F)cc(C#N)cc1NC(=O)C1(CN)CCCCC1. The second-order valence-corrected chi connectivity index (χ2v) is 5.74. The minimum Gasteiger partial charge on any atom is -0.329 e. The maximum atomic E-state index is 13.8. The van der Waals surface area contributed by atoms with Crippen LogP contribution in [-0.4, -0.2) is 12.5 Å². The molecular formula is C16H20FN3O. The Bertz CT molecular complexity index is 586. The van der Waals surface area contributed by atoms with Crippen molar-refractivity contribution in [2.24, 2.45) is 11.1 Å². The number of nitriles is 1. The third kappa shape index (κ3) is 3.06. The molecule has 1 amide bonds. The summed E-state index contributed by atoms with van der Waals surface area (Å²) in [6.07, 6.45) is 4.60. The van der Waals surface area contributed by atoms with Crippen molar-refractivity contribution in [1.29, 1.82) is 5.26 Å². The van der Waals surface area contributed by atoms with Crippen molar-refractivity contribution in [3.05, 3.63) is 29.1 Å². The molecule has 0 saturated heterocycles. The second-order valence-electron chi connectivity index (χ2n) is 5.74. The summed E-state index contributed by atoms with van der Waals surface area (Å²) in [5, 5.41) is 11.7. The molecule has 0 unspecified atom stereocenters. The molecule has 2 rings (SSSR count). The van der Waals surface area contributed by atoms with E-state index in [1.165, 1.54) is 12.1 Å². The number of amides is 1. The van der Waals surface area contributed by atoms with Crippen molar-refractivity contribution in [2.75, 3.05) is 11.9 Å². The molecule has 1 aliphatic rings. The molecule has 0 spiro atoms. The molecule has 0 radical (unpaired) electrons. The maximum Gasteiger partial charge on any atom is 0.231 e. The molecule has 1 fully saturated rings.